The Morgan fingerprint density at radius 3 is 2.65 bits per heavy atom. The molecular weight excluding hydrogens is 284 g/mol. The molecule has 0 fully saturated rings. The number of aliphatic carboxylic acids is 1. The molecule has 1 rings (SSSR count). The Balaban J connectivity index is 2.60. The number of benzene rings is 1. The van der Waals surface area contributed by atoms with E-state index < -0.39 is 17.9 Å². The predicted octanol–water partition coefficient (Wildman–Crippen LogP) is 1.01. The van der Waals surface area contributed by atoms with Crippen LogP contribution in [0.15, 0.2) is 18.2 Å². The maximum Gasteiger partial charge on any atom is 0.321 e. The number of hydrogen-bond acceptors (Lipinski definition) is 4. The molecule has 1 aromatic rings. The zero-order chi connectivity index (χ0) is 15.1. The zero-order valence-corrected chi connectivity index (χ0v) is 11.8. The Hall–Kier alpha value is -1.63. The molecule has 0 aliphatic heterocycles. The molecule has 0 aromatic heterocycles. The number of halogens is 1. The van der Waals surface area contributed by atoms with Gasteiger partial charge in [0.05, 0.1) is 13.0 Å². The quantitative estimate of drug-likeness (QED) is 0.602. The number of nitrogens with one attached hydrogen (secondary N) is 2. The van der Waals surface area contributed by atoms with Gasteiger partial charge in [-0.3, -0.25) is 9.59 Å². The molecule has 1 aromatic carbocycles. The molecule has 0 aliphatic rings. The van der Waals surface area contributed by atoms with Crippen LogP contribution < -0.4 is 10.6 Å². The number of aryl methyl sites for hydroxylation is 1. The molecule has 0 saturated heterocycles. The van der Waals surface area contributed by atoms with E-state index in [-0.39, 0.29) is 19.6 Å². The Bertz CT molecular complexity index is 493. The Kier molecular flexibility index (Phi) is 6.44. The minimum Gasteiger partial charge on any atom is -0.480 e. The van der Waals surface area contributed by atoms with Crippen molar-refractivity contribution in [3.8, 4) is 0 Å². The Morgan fingerprint density at radius 1 is 1.40 bits per heavy atom. The van der Waals surface area contributed by atoms with Crippen LogP contribution in [0.4, 0.5) is 5.69 Å². The molecule has 0 aliphatic carbocycles. The molecule has 110 valence electrons. The highest BCUT2D eigenvalue weighted by Crippen LogP contribution is 2.20. The van der Waals surface area contributed by atoms with Crippen molar-refractivity contribution in [3.05, 3.63) is 28.8 Å². The second kappa shape index (κ2) is 7.84. The SMILES string of the molecule is Cc1ccc(NC(=O)CC(NCCO)C(=O)O)cc1Cl. The van der Waals surface area contributed by atoms with E-state index in [1.807, 2.05) is 6.92 Å². The van der Waals surface area contributed by atoms with Gasteiger partial charge < -0.3 is 20.8 Å². The number of carboxylic acid groups (broad SMARTS) is 1. The maximum absolute atomic E-state index is 11.8. The topological polar surface area (TPSA) is 98.7 Å². The number of carboxylic acids is 1. The van der Waals surface area contributed by atoms with Crippen molar-refractivity contribution in [3.63, 3.8) is 0 Å². The van der Waals surface area contributed by atoms with Gasteiger partial charge in [0, 0.05) is 17.3 Å². The molecule has 0 saturated carbocycles. The van der Waals surface area contributed by atoms with Gasteiger partial charge in [-0.15, -0.1) is 0 Å². The van der Waals surface area contributed by atoms with Gasteiger partial charge in [-0.2, -0.15) is 0 Å². The van der Waals surface area contributed by atoms with E-state index in [0.29, 0.717) is 10.7 Å². The summed E-state index contributed by atoms with van der Waals surface area (Å²) >= 11 is 5.94. The number of aliphatic hydroxyl groups is 1. The summed E-state index contributed by atoms with van der Waals surface area (Å²) in [7, 11) is 0. The average Bonchev–Trinajstić information content (AvgIpc) is 2.38. The number of amides is 1. The fourth-order valence-corrected chi connectivity index (χ4v) is 1.73. The average molecular weight is 301 g/mol. The number of carbonyl (C=O) groups is 2. The lowest BCUT2D eigenvalue weighted by molar-refractivity contribution is -0.141. The van der Waals surface area contributed by atoms with Crippen LogP contribution in [0, 0.1) is 6.92 Å². The van der Waals surface area contributed by atoms with Gasteiger partial charge in [-0.05, 0) is 24.6 Å². The summed E-state index contributed by atoms with van der Waals surface area (Å²) < 4.78 is 0. The van der Waals surface area contributed by atoms with Gasteiger partial charge >= 0.3 is 5.97 Å². The lowest BCUT2D eigenvalue weighted by Gasteiger charge is -2.13. The summed E-state index contributed by atoms with van der Waals surface area (Å²) in [4.78, 5) is 22.7. The largest absolute Gasteiger partial charge is 0.480 e. The van der Waals surface area contributed by atoms with Crippen LogP contribution in [0.25, 0.3) is 0 Å². The third kappa shape index (κ3) is 5.16. The van der Waals surface area contributed by atoms with Crippen molar-refractivity contribution in [2.75, 3.05) is 18.5 Å². The lowest BCUT2D eigenvalue weighted by atomic mass is 10.2. The highest BCUT2D eigenvalue weighted by atomic mass is 35.5. The van der Waals surface area contributed by atoms with E-state index in [1.54, 1.807) is 18.2 Å². The molecule has 1 atom stereocenters. The minimum absolute atomic E-state index is 0.112. The van der Waals surface area contributed by atoms with Crippen LogP contribution in [-0.2, 0) is 9.59 Å². The van der Waals surface area contributed by atoms with Gasteiger partial charge in [0.25, 0.3) is 0 Å². The number of anilines is 1. The molecule has 4 N–H and O–H groups in total. The zero-order valence-electron chi connectivity index (χ0n) is 11.0. The van der Waals surface area contributed by atoms with Crippen LogP contribution in [0.2, 0.25) is 5.02 Å². The van der Waals surface area contributed by atoms with E-state index in [0.717, 1.165) is 5.56 Å². The molecular formula is C13H17ClN2O4. The van der Waals surface area contributed by atoms with Crippen molar-refractivity contribution < 1.29 is 19.8 Å². The number of aliphatic hydroxyl groups excluding tert-OH is 1. The molecule has 0 radical (unpaired) electrons. The third-order valence-electron chi connectivity index (χ3n) is 2.65. The Labute approximate surface area is 121 Å². The van der Waals surface area contributed by atoms with Crippen molar-refractivity contribution >= 4 is 29.2 Å². The number of carbonyl (C=O) groups excluding carboxylic acids is 1. The molecule has 1 amide bonds. The molecule has 0 bridgehead atoms. The third-order valence-corrected chi connectivity index (χ3v) is 3.05. The van der Waals surface area contributed by atoms with Crippen LogP contribution in [-0.4, -0.2) is 41.3 Å². The van der Waals surface area contributed by atoms with Crippen molar-refractivity contribution in [2.24, 2.45) is 0 Å². The number of rotatable bonds is 7. The molecule has 20 heavy (non-hydrogen) atoms. The van der Waals surface area contributed by atoms with Crippen LogP contribution in [0.3, 0.4) is 0 Å². The summed E-state index contributed by atoms with van der Waals surface area (Å²) in [5, 5.41) is 23.3. The highest BCUT2D eigenvalue weighted by Gasteiger charge is 2.20. The standard InChI is InChI=1S/C13H17ClN2O4/c1-8-2-3-9(6-10(8)14)16-12(18)7-11(13(19)20)15-4-5-17/h2-3,6,11,15,17H,4-5,7H2,1H3,(H,16,18)(H,19,20). The van der Waals surface area contributed by atoms with E-state index >= 15 is 0 Å². The first kappa shape index (κ1) is 16.4. The first-order chi connectivity index (χ1) is 9.43. The fourth-order valence-electron chi connectivity index (χ4n) is 1.55. The second-order valence-corrected chi connectivity index (χ2v) is 4.69. The van der Waals surface area contributed by atoms with Gasteiger partial charge in [0.15, 0.2) is 0 Å². The van der Waals surface area contributed by atoms with E-state index in [9.17, 15) is 9.59 Å². The lowest BCUT2D eigenvalue weighted by Crippen LogP contribution is -2.41. The van der Waals surface area contributed by atoms with Crippen molar-refractivity contribution in [2.45, 2.75) is 19.4 Å². The van der Waals surface area contributed by atoms with Crippen molar-refractivity contribution in [1.29, 1.82) is 0 Å². The first-order valence-corrected chi connectivity index (χ1v) is 6.45. The summed E-state index contributed by atoms with van der Waals surface area (Å²) in [5.74, 6) is -1.58. The van der Waals surface area contributed by atoms with Gasteiger partial charge in [0.1, 0.15) is 6.04 Å². The molecule has 0 spiro atoms. The normalized spacial score (nSPS) is 11.9. The second-order valence-electron chi connectivity index (χ2n) is 4.28. The maximum atomic E-state index is 11.8. The summed E-state index contributed by atoms with van der Waals surface area (Å²) in [5.41, 5.74) is 1.40. The summed E-state index contributed by atoms with van der Waals surface area (Å²) in [6.07, 6.45) is -0.235. The van der Waals surface area contributed by atoms with Gasteiger partial charge in [-0.25, -0.2) is 0 Å². The van der Waals surface area contributed by atoms with Crippen LogP contribution in [0.5, 0.6) is 0 Å². The molecule has 7 heteroatoms. The summed E-state index contributed by atoms with van der Waals surface area (Å²) in [6, 6.07) is 4.02. The fraction of sp³-hybridized carbons (Fsp3) is 0.385. The van der Waals surface area contributed by atoms with E-state index in [4.69, 9.17) is 21.8 Å². The Morgan fingerprint density at radius 2 is 2.10 bits per heavy atom. The highest BCUT2D eigenvalue weighted by molar-refractivity contribution is 6.31. The van der Waals surface area contributed by atoms with E-state index in [1.165, 1.54) is 0 Å². The van der Waals surface area contributed by atoms with Gasteiger partial charge in [0.2, 0.25) is 5.91 Å². The molecule has 1 unspecified atom stereocenters. The predicted molar refractivity (Wildman–Crippen MR) is 75.9 cm³/mol. The summed E-state index contributed by atoms with van der Waals surface area (Å²) in [6.45, 7) is 1.76. The minimum atomic E-state index is -1.14. The molecule has 6 nitrogen and oxygen atoms in total. The van der Waals surface area contributed by atoms with E-state index in [2.05, 4.69) is 10.6 Å². The van der Waals surface area contributed by atoms with Crippen LogP contribution >= 0.6 is 11.6 Å². The molecule has 0 heterocycles. The first-order valence-electron chi connectivity index (χ1n) is 6.07. The monoisotopic (exact) mass is 300 g/mol. The number of hydrogen-bond donors (Lipinski definition) is 4. The van der Waals surface area contributed by atoms with Crippen molar-refractivity contribution in [1.82, 2.24) is 5.32 Å². The smallest absolute Gasteiger partial charge is 0.321 e. The van der Waals surface area contributed by atoms with Crippen LogP contribution in [0.1, 0.15) is 12.0 Å². The van der Waals surface area contributed by atoms with Gasteiger partial charge in [-0.1, -0.05) is 17.7 Å².